The van der Waals surface area contributed by atoms with Crippen LogP contribution in [0.5, 0.6) is 0 Å². The minimum absolute atomic E-state index is 0.113. The number of nitrogen functional groups attached to an aromatic ring is 1. The molecule has 0 amide bonds. The minimum Gasteiger partial charge on any atom is -0.383 e. The van der Waals surface area contributed by atoms with Crippen LogP contribution in [0.15, 0.2) is 24.5 Å². The van der Waals surface area contributed by atoms with E-state index in [9.17, 15) is 8.78 Å². The van der Waals surface area contributed by atoms with Gasteiger partial charge >= 0.3 is 0 Å². The fraction of sp³-hybridized carbons (Fsp3) is 0.250. The SMILES string of the molecule is Nc1c(-c2cccc(F)c2F)ncn1C1CC1. The van der Waals surface area contributed by atoms with E-state index in [4.69, 9.17) is 5.73 Å². The summed E-state index contributed by atoms with van der Waals surface area (Å²) >= 11 is 0. The number of hydrogen-bond acceptors (Lipinski definition) is 2. The number of halogens is 2. The molecule has 1 heterocycles. The Morgan fingerprint density at radius 1 is 1.29 bits per heavy atom. The lowest BCUT2D eigenvalue weighted by Gasteiger charge is -2.04. The third kappa shape index (κ3) is 1.58. The van der Waals surface area contributed by atoms with Gasteiger partial charge in [-0.1, -0.05) is 6.07 Å². The van der Waals surface area contributed by atoms with E-state index in [0.717, 1.165) is 18.9 Å². The quantitative estimate of drug-likeness (QED) is 0.869. The molecule has 1 aliphatic rings. The first-order chi connectivity index (χ1) is 8.18. The van der Waals surface area contributed by atoms with Gasteiger partial charge in [0.25, 0.3) is 0 Å². The molecule has 0 unspecified atom stereocenters. The van der Waals surface area contributed by atoms with Gasteiger partial charge in [-0.25, -0.2) is 13.8 Å². The van der Waals surface area contributed by atoms with Gasteiger partial charge in [-0.15, -0.1) is 0 Å². The van der Waals surface area contributed by atoms with Crippen LogP contribution in [0.4, 0.5) is 14.6 Å². The van der Waals surface area contributed by atoms with Crippen molar-refractivity contribution in [3.8, 4) is 11.3 Å². The highest BCUT2D eigenvalue weighted by molar-refractivity contribution is 5.71. The van der Waals surface area contributed by atoms with E-state index in [1.807, 2.05) is 4.57 Å². The van der Waals surface area contributed by atoms with E-state index in [1.165, 1.54) is 12.1 Å². The average molecular weight is 235 g/mol. The van der Waals surface area contributed by atoms with E-state index in [0.29, 0.717) is 17.6 Å². The Morgan fingerprint density at radius 3 is 2.76 bits per heavy atom. The molecule has 5 heteroatoms. The molecule has 3 rings (SSSR count). The summed E-state index contributed by atoms with van der Waals surface area (Å²) in [5.74, 6) is -1.39. The van der Waals surface area contributed by atoms with Crippen molar-refractivity contribution in [1.29, 1.82) is 0 Å². The molecule has 0 atom stereocenters. The number of nitrogens with two attached hydrogens (primary N) is 1. The molecule has 1 aliphatic carbocycles. The molecule has 0 bridgehead atoms. The zero-order valence-electron chi connectivity index (χ0n) is 9.03. The van der Waals surface area contributed by atoms with Gasteiger partial charge in [0.05, 0.1) is 6.33 Å². The molecule has 1 aromatic heterocycles. The van der Waals surface area contributed by atoms with Crippen LogP contribution in [-0.4, -0.2) is 9.55 Å². The van der Waals surface area contributed by atoms with E-state index in [1.54, 1.807) is 6.33 Å². The second-order valence-corrected chi connectivity index (χ2v) is 4.22. The predicted octanol–water partition coefficient (Wildman–Crippen LogP) is 2.75. The summed E-state index contributed by atoms with van der Waals surface area (Å²) in [5.41, 5.74) is 6.33. The maximum absolute atomic E-state index is 13.6. The number of aromatic nitrogens is 2. The number of imidazole rings is 1. The highest BCUT2D eigenvalue weighted by Crippen LogP contribution is 2.39. The van der Waals surface area contributed by atoms with Crippen LogP contribution in [0.3, 0.4) is 0 Å². The highest BCUT2D eigenvalue weighted by Gasteiger charge is 2.27. The van der Waals surface area contributed by atoms with Crippen LogP contribution in [0.1, 0.15) is 18.9 Å². The van der Waals surface area contributed by atoms with Crippen LogP contribution in [0.2, 0.25) is 0 Å². The highest BCUT2D eigenvalue weighted by atomic mass is 19.2. The molecular formula is C12H11F2N3. The van der Waals surface area contributed by atoms with Crippen LogP contribution in [0, 0.1) is 11.6 Å². The van der Waals surface area contributed by atoms with Crippen LogP contribution in [0.25, 0.3) is 11.3 Å². The molecular weight excluding hydrogens is 224 g/mol. The first kappa shape index (κ1) is 10.3. The van der Waals surface area contributed by atoms with Crippen molar-refractivity contribution in [1.82, 2.24) is 9.55 Å². The van der Waals surface area contributed by atoms with Crippen molar-refractivity contribution in [3.05, 3.63) is 36.2 Å². The number of hydrogen-bond donors (Lipinski definition) is 1. The summed E-state index contributed by atoms with van der Waals surface area (Å²) in [6, 6.07) is 4.37. The Morgan fingerprint density at radius 2 is 2.06 bits per heavy atom. The maximum atomic E-state index is 13.6. The summed E-state index contributed by atoms with van der Waals surface area (Å²) in [5, 5.41) is 0. The van der Waals surface area contributed by atoms with Crippen molar-refractivity contribution in [2.75, 3.05) is 5.73 Å². The summed E-state index contributed by atoms with van der Waals surface area (Å²) < 4.78 is 28.6. The molecule has 1 aromatic carbocycles. The number of anilines is 1. The van der Waals surface area contributed by atoms with Crippen molar-refractivity contribution in [2.24, 2.45) is 0 Å². The summed E-state index contributed by atoms with van der Waals surface area (Å²) in [7, 11) is 0. The molecule has 17 heavy (non-hydrogen) atoms. The number of rotatable bonds is 2. The van der Waals surface area contributed by atoms with E-state index >= 15 is 0 Å². The Labute approximate surface area is 96.9 Å². The molecule has 1 saturated carbocycles. The van der Waals surface area contributed by atoms with Gasteiger partial charge in [-0.3, -0.25) is 0 Å². The van der Waals surface area contributed by atoms with Gasteiger partial charge in [0.1, 0.15) is 11.5 Å². The lowest BCUT2D eigenvalue weighted by atomic mass is 10.1. The first-order valence-corrected chi connectivity index (χ1v) is 5.45. The Balaban J connectivity index is 2.12. The van der Waals surface area contributed by atoms with Crippen LogP contribution < -0.4 is 5.73 Å². The molecule has 2 aromatic rings. The summed E-state index contributed by atoms with van der Waals surface area (Å²) in [6.07, 6.45) is 3.71. The third-order valence-corrected chi connectivity index (χ3v) is 2.98. The molecule has 88 valence electrons. The predicted molar refractivity (Wildman–Crippen MR) is 60.3 cm³/mol. The normalized spacial score (nSPS) is 15.2. The molecule has 3 nitrogen and oxygen atoms in total. The Bertz CT molecular complexity index is 573. The Kier molecular flexibility index (Phi) is 2.14. The monoisotopic (exact) mass is 235 g/mol. The second-order valence-electron chi connectivity index (χ2n) is 4.22. The smallest absolute Gasteiger partial charge is 0.168 e. The van der Waals surface area contributed by atoms with Gasteiger partial charge in [-0.2, -0.15) is 0 Å². The molecule has 0 saturated heterocycles. The zero-order valence-corrected chi connectivity index (χ0v) is 9.03. The van der Waals surface area contributed by atoms with Gasteiger partial charge < -0.3 is 10.3 Å². The fourth-order valence-corrected chi connectivity index (χ4v) is 1.91. The van der Waals surface area contributed by atoms with Gasteiger partial charge in [0, 0.05) is 11.6 Å². The lowest BCUT2D eigenvalue weighted by molar-refractivity contribution is 0.511. The summed E-state index contributed by atoms with van der Waals surface area (Å²) in [6.45, 7) is 0. The molecule has 0 spiro atoms. The molecule has 1 fully saturated rings. The minimum atomic E-state index is -0.903. The van der Waals surface area contributed by atoms with E-state index in [-0.39, 0.29) is 5.56 Å². The molecule has 0 radical (unpaired) electrons. The van der Waals surface area contributed by atoms with Gasteiger partial charge in [-0.05, 0) is 25.0 Å². The van der Waals surface area contributed by atoms with Crippen molar-refractivity contribution >= 4 is 5.82 Å². The topological polar surface area (TPSA) is 43.8 Å². The number of nitrogens with zero attached hydrogens (tertiary/aromatic N) is 2. The van der Waals surface area contributed by atoms with Crippen LogP contribution >= 0.6 is 0 Å². The lowest BCUT2D eigenvalue weighted by Crippen LogP contribution is -2.00. The third-order valence-electron chi connectivity index (χ3n) is 2.98. The van der Waals surface area contributed by atoms with Crippen molar-refractivity contribution in [3.63, 3.8) is 0 Å². The maximum Gasteiger partial charge on any atom is 0.168 e. The zero-order chi connectivity index (χ0) is 12.0. The standard InChI is InChI=1S/C12H11F2N3/c13-9-3-1-2-8(10(9)14)11-12(15)17(6-16-11)7-4-5-7/h1-3,6-7H,4-5,15H2. The van der Waals surface area contributed by atoms with E-state index < -0.39 is 11.6 Å². The van der Waals surface area contributed by atoms with Gasteiger partial charge in [0.2, 0.25) is 0 Å². The molecule has 0 aliphatic heterocycles. The van der Waals surface area contributed by atoms with Gasteiger partial charge in [0.15, 0.2) is 11.6 Å². The summed E-state index contributed by atoms with van der Waals surface area (Å²) in [4.78, 5) is 4.08. The van der Waals surface area contributed by atoms with Crippen molar-refractivity contribution in [2.45, 2.75) is 18.9 Å². The molecule has 2 N–H and O–H groups in total. The van der Waals surface area contributed by atoms with E-state index in [2.05, 4.69) is 4.98 Å². The fourth-order valence-electron chi connectivity index (χ4n) is 1.91. The average Bonchev–Trinajstić information content (AvgIpc) is 3.08. The first-order valence-electron chi connectivity index (χ1n) is 5.45. The van der Waals surface area contributed by atoms with Crippen LogP contribution in [-0.2, 0) is 0 Å². The van der Waals surface area contributed by atoms with Crippen molar-refractivity contribution < 1.29 is 8.78 Å². The largest absolute Gasteiger partial charge is 0.383 e. The second kappa shape index (κ2) is 3.55. The Hall–Kier alpha value is -1.91. The number of benzene rings is 1.